The van der Waals surface area contributed by atoms with Crippen LogP contribution >= 0.6 is 0 Å². The highest BCUT2D eigenvalue weighted by Crippen LogP contribution is 2.25. The van der Waals surface area contributed by atoms with Crippen molar-refractivity contribution in [2.75, 3.05) is 6.61 Å². The molecule has 0 aliphatic heterocycles. The van der Waals surface area contributed by atoms with Crippen LogP contribution in [0.5, 0.6) is 5.75 Å². The average molecular weight is 247 g/mol. The number of hydrogen-bond donors (Lipinski definition) is 1. The molecule has 0 aliphatic rings. The molecule has 0 aromatic heterocycles. The molecule has 0 saturated heterocycles. The molecule has 0 unspecified atom stereocenters. The summed E-state index contributed by atoms with van der Waals surface area (Å²) in [6.45, 7) is 8.55. The Bertz CT molecular complexity index is 371. The molecular formula is C16H25NO. The molecule has 100 valence electrons. The number of hydrogen-bond acceptors (Lipinski definition) is 2. The zero-order chi connectivity index (χ0) is 13.4. The molecule has 0 saturated carbocycles. The van der Waals surface area contributed by atoms with E-state index >= 15 is 0 Å². The van der Waals surface area contributed by atoms with Crippen LogP contribution in [0.3, 0.4) is 0 Å². The number of benzene rings is 1. The molecule has 2 heteroatoms. The normalized spacial score (nSPS) is 12.2. The number of allylic oxidation sites excluding steroid dienone is 1. The summed E-state index contributed by atoms with van der Waals surface area (Å²) < 4.78 is 5.83. The van der Waals surface area contributed by atoms with E-state index in [1.54, 1.807) is 0 Å². The van der Waals surface area contributed by atoms with Crippen LogP contribution in [-0.2, 0) is 0 Å². The van der Waals surface area contributed by atoms with E-state index in [0.29, 0.717) is 0 Å². The Kier molecular flexibility index (Phi) is 6.51. The maximum atomic E-state index is 5.96. The summed E-state index contributed by atoms with van der Waals surface area (Å²) in [5.41, 5.74) is 8.28. The van der Waals surface area contributed by atoms with E-state index in [2.05, 4.69) is 25.6 Å². The minimum atomic E-state index is 0.0145. The quantitative estimate of drug-likeness (QED) is 0.553. The van der Waals surface area contributed by atoms with E-state index in [1.165, 1.54) is 18.4 Å². The standard InChI is InChI=1S/C16H25NO/c1-4-5-6-7-8-11-18-16-10-9-13(2)12-15(16)14(3)17/h4,9-10,12,14H,1,5-8,11,17H2,2-3H3/t14-/m0/s1. The maximum absolute atomic E-state index is 5.96. The van der Waals surface area contributed by atoms with E-state index in [1.807, 2.05) is 19.1 Å². The van der Waals surface area contributed by atoms with Gasteiger partial charge in [0.25, 0.3) is 0 Å². The molecule has 0 bridgehead atoms. The molecule has 0 heterocycles. The van der Waals surface area contributed by atoms with Crippen molar-refractivity contribution in [2.45, 2.75) is 45.6 Å². The third-order valence-electron chi connectivity index (χ3n) is 2.97. The monoisotopic (exact) mass is 247 g/mol. The van der Waals surface area contributed by atoms with Crippen LogP contribution in [0.2, 0.25) is 0 Å². The molecule has 0 radical (unpaired) electrons. The topological polar surface area (TPSA) is 35.2 Å². The molecular weight excluding hydrogens is 222 g/mol. The first-order valence-corrected chi connectivity index (χ1v) is 6.75. The van der Waals surface area contributed by atoms with Gasteiger partial charge in [-0.3, -0.25) is 0 Å². The van der Waals surface area contributed by atoms with Gasteiger partial charge in [-0.05, 0) is 45.6 Å². The van der Waals surface area contributed by atoms with Crippen LogP contribution in [0, 0.1) is 6.92 Å². The van der Waals surface area contributed by atoms with Crippen molar-refractivity contribution in [2.24, 2.45) is 5.73 Å². The Morgan fingerprint density at radius 1 is 1.33 bits per heavy atom. The number of ether oxygens (including phenoxy) is 1. The van der Waals surface area contributed by atoms with Gasteiger partial charge >= 0.3 is 0 Å². The lowest BCUT2D eigenvalue weighted by molar-refractivity contribution is 0.301. The van der Waals surface area contributed by atoms with E-state index < -0.39 is 0 Å². The largest absolute Gasteiger partial charge is 0.493 e. The lowest BCUT2D eigenvalue weighted by Gasteiger charge is -2.14. The smallest absolute Gasteiger partial charge is 0.124 e. The van der Waals surface area contributed by atoms with E-state index in [0.717, 1.165) is 30.8 Å². The van der Waals surface area contributed by atoms with Crippen LogP contribution in [0.4, 0.5) is 0 Å². The van der Waals surface area contributed by atoms with Gasteiger partial charge in [-0.15, -0.1) is 6.58 Å². The van der Waals surface area contributed by atoms with Crippen LogP contribution < -0.4 is 10.5 Å². The molecule has 1 rings (SSSR count). The number of aryl methyl sites for hydroxylation is 1. The Morgan fingerprint density at radius 2 is 2.11 bits per heavy atom. The highest BCUT2D eigenvalue weighted by molar-refractivity contribution is 5.38. The molecule has 1 aromatic rings. The zero-order valence-electron chi connectivity index (χ0n) is 11.6. The van der Waals surface area contributed by atoms with Crippen molar-refractivity contribution in [1.82, 2.24) is 0 Å². The summed E-state index contributed by atoms with van der Waals surface area (Å²) in [4.78, 5) is 0. The lowest BCUT2D eigenvalue weighted by atomic mass is 10.1. The first-order chi connectivity index (χ1) is 8.65. The van der Waals surface area contributed by atoms with E-state index in [4.69, 9.17) is 10.5 Å². The minimum absolute atomic E-state index is 0.0145. The van der Waals surface area contributed by atoms with Gasteiger partial charge in [0.05, 0.1) is 6.61 Å². The molecule has 0 spiro atoms. The highest BCUT2D eigenvalue weighted by Gasteiger charge is 2.08. The highest BCUT2D eigenvalue weighted by atomic mass is 16.5. The van der Waals surface area contributed by atoms with Crippen LogP contribution in [0.1, 0.15) is 49.8 Å². The Hall–Kier alpha value is -1.28. The predicted octanol–water partition coefficient (Wildman–Crippen LogP) is 4.14. The first kappa shape index (κ1) is 14.8. The number of rotatable bonds is 8. The van der Waals surface area contributed by atoms with Crippen LogP contribution in [0.25, 0.3) is 0 Å². The molecule has 0 aliphatic carbocycles. The SMILES string of the molecule is C=CCCCCCOc1ccc(C)cc1[C@H](C)N. The molecule has 2 N–H and O–H groups in total. The summed E-state index contributed by atoms with van der Waals surface area (Å²) >= 11 is 0. The molecule has 0 amide bonds. The van der Waals surface area contributed by atoms with Gasteiger partial charge in [-0.1, -0.05) is 23.8 Å². The van der Waals surface area contributed by atoms with E-state index in [-0.39, 0.29) is 6.04 Å². The maximum Gasteiger partial charge on any atom is 0.124 e. The fourth-order valence-electron chi connectivity index (χ4n) is 1.90. The van der Waals surface area contributed by atoms with Crippen molar-refractivity contribution >= 4 is 0 Å². The fourth-order valence-corrected chi connectivity index (χ4v) is 1.90. The van der Waals surface area contributed by atoms with Crippen molar-refractivity contribution in [3.63, 3.8) is 0 Å². The van der Waals surface area contributed by atoms with Gasteiger partial charge in [0.15, 0.2) is 0 Å². The molecule has 18 heavy (non-hydrogen) atoms. The Balaban J connectivity index is 2.44. The van der Waals surface area contributed by atoms with Crippen molar-refractivity contribution < 1.29 is 4.74 Å². The molecule has 0 fully saturated rings. The van der Waals surface area contributed by atoms with Crippen LogP contribution in [-0.4, -0.2) is 6.61 Å². The second kappa shape index (κ2) is 7.93. The van der Waals surface area contributed by atoms with Crippen LogP contribution in [0.15, 0.2) is 30.9 Å². The first-order valence-electron chi connectivity index (χ1n) is 6.75. The summed E-state index contributed by atoms with van der Waals surface area (Å²) in [6, 6.07) is 6.22. The summed E-state index contributed by atoms with van der Waals surface area (Å²) in [7, 11) is 0. The van der Waals surface area contributed by atoms with Gasteiger partial charge in [-0.25, -0.2) is 0 Å². The summed E-state index contributed by atoms with van der Waals surface area (Å²) in [5, 5.41) is 0. The van der Waals surface area contributed by atoms with Gasteiger partial charge < -0.3 is 10.5 Å². The van der Waals surface area contributed by atoms with Crippen molar-refractivity contribution in [3.8, 4) is 5.75 Å². The van der Waals surface area contributed by atoms with Gasteiger partial charge in [0.1, 0.15) is 5.75 Å². The summed E-state index contributed by atoms with van der Waals surface area (Å²) in [5.74, 6) is 0.930. The van der Waals surface area contributed by atoms with Crippen molar-refractivity contribution in [1.29, 1.82) is 0 Å². The minimum Gasteiger partial charge on any atom is -0.493 e. The Morgan fingerprint density at radius 3 is 2.78 bits per heavy atom. The molecule has 1 aromatic carbocycles. The van der Waals surface area contributed by atoms with Gasteiger partial charge in [0.2, 0.25) is 0 Å². The van der Waals surface area contributed by atoms with Gasteiger partial charge in [-0.2, -0.15) is 0 Å². The third-order valence-corrected chi connectivity index (χ3v) is 2.97. The fraction of sp³-hybridized carbons (Fsp3) is 0.500. The zero-order valence-corrected chi connectivity index (χ0v) is 11.6. The second-order valence-electron chi connectivity index (χ2n) is 4.82. The predicted molar refractivity (Wildman–Crippen MR) is 77.9 cm³/mol. The average Bonchev–Trinajstić information content (AvgIpc) is 2.35. The van der Waals surface area contributed by atoms with Crippen molar-refractivity contribution in [3.05, 3.63) is 42.0 Å². The van der Waals surface area contributed by atoms with Gasteiger partial charge in [0, 0.05) is 11.6 Å². The van der Waals surface area contributed by atoms with E-state index in [9.17, 15) is 0 Å². The molecule has 2 nitrogen and oxygen atoms in total. The summed E-state index contributed by atoms with van der Waals surface area (Å²) in [6.07, 6.45) is 6.52. The molecule has 1 atom stereocenters. The Labute approximate surface area is 111 Å². The second-order valence-corrected chi connectivity index (χ2v) is 4.82. The lowest BCUT2D eigenvalue weighted by Crippen LogP contribution is -2.09. The number of unbranched alkanes of at least 4 members (excludes halogenated alkanes) is 3. The third kappa shape index (κ3) is 4.92. The number of nitrogens with two attached hydrogens (primary N) is 1.